The van der Waals surface area contributed by atoms with Gasteiger partial charge in [-0.1, -0.05) is 24.3 Å². The Hall–Kier alpha value is -2.20. The molecule has 1 atom stereocenters. The molecule has 2 heterocycles. The molecule has 0 bridgehead atoms. The van der Waals surface area contributed by atoms with Gasteiger partial charge in [-0.05, 0) is 25.5 Å². The molecule has 0 saturated carbocycles. The van der Waals surface area contributed by atoms with E-state index in [-0.39, 0.29) is 6.04 Å². The van der Waals surface area contributed by atoms with Crippen molar-refractivity contribution in [1.82, 2.24) is 20.1 Å². The van der Waals surface area contributed by atoms with E-state index in [2.05, 4.69) is 59.7 Å². The molecule has 3 rings (SSSR count). The number of fused-ring (bicyclic) bond motifs is 1. The maximum absolute atomic E-state index is 4.49. The van der Waals surface area contributed by atoms with Crippen LogP contribution in [0.15, 0.2) is 48.9 Å². The zero-order valence-corrected chi connectivity index (χ0v) is 12.5. The summed E-state index contributed by atoms with van der Waals surface area (Å²) >= 11 is 0. The Morgan fingerprint density at radius 2 is 2.10 bits per heavy atom. The van der Waals surface area contributed by atoms with Crippen LogP contribution in [-0.2, 0) is 13.1 Å². The van der Waals surface area contributed by atoms with Crippen LogP contribution in [0.4, 0.5) is 0 Å². The molecule has 0 aliphatic heterocycles. The predicted molar refractivity (Wildman–Crippen MR) is 84.9 cm³/mol. The summed E-state index contributed by atoms with van der Waals surface area (Å²) in [6.45, 7) is 5.96. The average Bonchev–Trinajstić information content (AvgIpc) is 3.01. The van der Waals surface area contributed by atoms with Crippen molar-refractivity contribution in [2.75, 3.05) is 0 Å². The average molecular weight is 280 g/mol. The fourth-order valence-corrected chi connectivity index (χ4v) is 2.47. The van der Waals surface area contributed by atoms with Gasteiger partial charge in [-0.25, -0.2) is 0 Å². The number of nitrogens with one attached hydrogen (secondary N) is 1. The molecule has 108 valence electrons. The van der Waals surface area contributed by atoms with Crippen LogP contribution in [-0.4, -0.2) is 14.8 Å². The lowest BCUT2D eigenvalue weighted by atomic mass is 10.1. The van der Waals surface area contributed by atoms with E-state index >= 15 is 0 Å². The minimum atomic E-state index is 0.268. The largest absolute Gasteiger partial charge is 0.306 e. The summed E-state index contributed by atoms with van der Waals surface area (Å²) in [5.74, 6) is 0. The second-order valence-electron chi connectivity index (χ2n) is 5.22. The summed E-state index contributed by atoms with van der Waals surface area (Å²) in [4.78, 5) is 4.49. The van der Waals surface area contributed by atoms with Crippen LogP contribution >= 0.6 is 0 Å². The molecule has 0 amide bonds. The highest BCUT2D eigenvalue weighted by atomic mass is 15.3. The summed E-state index contributed by atoms with van der Waals surface area (Å²) in [7, 11) is 0. The zero-order chi connectivity index (χ0) is 14.7. The van der Waals surface area contributed by atoms with Crippen LogP contribution in [0.2, 0.25) is 0 Å². The van der Waals surface area contributed by atoms with Crippen LogP contribution in [0.5, 0.6) is 0 Å². The fourth-order valence-electron chi connectivity index (χ4n) is 2.47. The van der Waals surface area contributed by atoms with Gasteiger partial charge in [-0.2, -0.15) is 5.10 Å². The van der Waals surface area contributed by atoms with Crippen molar-refractivity contribution in [1.29, 1.82) is 0 Å². The van der Waals surface area contributed by atoms with E-state index in [0.717, 1.165) is 18.6 Å². The second kappa shape index (κ2) is 6.06. The van der Waals surface area contributed by atoms with Crippen LogP contribution < -0.4 is 5.32 Å². The Labute approximate surface area is 124 Å². The molecular weight excluding hydrogens is 260 g/mol. The molecule has 1 unspecified atom stereocenters. The van der Waals surface area contributed by atoms with Crippen molar-refractivity contribution in [3.63, 3.8) is 0 Å². The summed E-state index contributed by atoms with van der Waals surface area (Å²) in [6.07, 6.45) is 5.88. The number of benzene rings is 1. The quantitative estimate of drug-likeness (QED) is 0.779. The van der Waals surface area contributed by atoms with Gasteiger partial charge in [-0.3, -0.25) is 9.67 Å². The lowest BCUT2D eigenvalue weighted by molar-refractivity contribution is 0.574. The molecule has 4 heteroatoms. The monoisotopic (exact) mass is 280 g/mol. The standard InChI is InChI=1S/C17H20N4/c1-3-21-12-16(11-20-21)13(2)19-10-15-7-4-6-14-8-5-9-18-17(14)15/h4-9,11-13,19H,3,10H2,1-2H3. The zero-order valence-electron chi connectivity index (χ0n) is 12.5. The summed E-state index contributed by atoms with van der Waals surface area (Å²) in [5.41, 5.74) is 3.51. The third-order valence-electron chi connectivity index (χ3n) is 3.79. The first-order chi connectivity index (χ1) is 10.3. The number of hydrogen-bond donors (Lipinski definition) is 1. The number of rotatable bonds is 5. The molecule has 0 aliphatic carbocycles. The molecule has 1 aromatic carbocycles. The first kappa shape index (κ1) is 13.8. The van der Waals surface area contributed by atoms with E-state index in [0.29, 0.717) is 0 Å². The van der Waals surface area contributed by atoms with E-state index in [4.69, 9.17) is 0 Å². The van der Waals surface area contributed by atoms with Crippen LogP contribution in [0.3, 0.4) is 0 Å². The number of aromatic nitrogens is 3. The van der Waals surface area contributed by atoms with Gasteiger partial charge in [0.05, 0.1) is 11.7 Å². The van der Waals surface area contributed by atoms with E-state index in [9.17, 15) is 0 Å². The van der Waals surface area contributed by atoms with E-state index < -0.39 is 0 Å². The van der Waals surface area contributed by atoms with Gasteiger partial charge >= 0.3 is 0 Å². The van der Waals surface area contributed by atoms with Crippen molar-refractivity contribution in [3.8, 4) is 0 Å². The Bertz CT molecular complexity index is 727. The molecule has 3 aromatic rings. The molecule has 1 N–H and O–H groups in total. The third kappa shape index (κ3) is 2.95. The van der Waals surface area contributed by atoms with Gasteiger partial charge in [-0.15, -0.1) is 0 Å². The summed E-state index contributed by atoms with van der Waals surface area (Å²) in [6, 6.07) is 10.7. The van der Waals surface area contributed by atoms with Crippen molar-refractivity contribution < 1.29 is 0 Å². The SMILES string of the molecule is CCn1cc(C(C)NCc2cccc3cccnc23)cn1. The minimum absolute atomic E-state index is 0.268. The van der Waals surface area contributed by atoms with E-state index in [1.807, 2.05) is 23.1 Å². The molecule has 2 aromatic heterocycles. The number of aryl methyl sites for hydroxylation is 1. The topological polar surface area (TPSA) is 42.7 Å². The normalized spacial score (nSPS) is 12.7. The molecule has 0 aliphatic rings. The van der Waals surface area contributed by atoms with Crippen molar-refractivity contribution in [2.24, 2.45) is 0 Å². The molecule has 0 fully saturated rings. The first-order valence-corrected chi connectivity index (χ1v) is 7.36. The molecule has 21 heavy (non-hydrogen) atoms. The Kier molecular flexibility index (Phi) is 3.97. The van der Waals surface area contributed by atoms with E-state index in [1.165, 1.54) is 16.5 Å². The van der Waals surface area contributed by atoms with E-state index in [1.54, 1.807) is 0 Å². The highest BCUT2D eigenvalue weighted by Gasteiger charge is 2.08. The van der Waals surface area contributed by atoms with Gasteiger partial charge in [0.15, 0.2) is 0 Å². The second-order valence-corrected chi connectivity index (χ2v) is 5.22. The molecule has 0 spiro atoms. The van der Waals surface area contributed by atoms with Crippen LogP contribution in [0.1, 0.15) is 31.0 Å². The van der Waals surface area contributed by atoms with Gasteiger partial charge < -0.3 is 5.32 Å². The molecule has 0 saturated heterocycles. The Morgan fingerprint density at radius 1 is 1.24 bits per heavy atom. The van der Waals surface area contributed by atoms with Crippen molar-refractivity contribution in [2.45, 2.75) is 33.0 Å². The van der Waals surface area contributed by atoms with Gasteiger partial charge in [0.25, 0.3) is 0 Å². The molecular formula is C17H20N4. The Balaban J connectivity index is 1.74. The smallest absolute Gasteiger partial charge is 0.0746 e. The first-order valence-electron chi connectivity index (χ1n) is 7.36. The van der Waals surface area contributed by atoms with Gasteiger partial charge in [0.2, 0.25) is 0 Å². The van der Waals surface area contributed by atoms with Crippen LogP contribution in [0, 0.1) is 0 Å². The van der Waals surface area contributed by atoms with Crippen molar-refractivity contribution in [3.05, 3.63) is 60.0 Å². The number of para-hydroxylation sites is 1. The van der Waals surface area contributed by atoms with Crippen molar-refractivity contribution >= 4 is 10.9 Å². The predicted octanol–water partition coefficient (Wildman–Crippen LogP) is 3.30. The summed E-state index contributed by atoms with van der Waals surface area (Å²) < 4.78 is 1.95. The highest BCUT2D eigenvalue weighted by molar-refractivity contribution is 5.81. The third-order valence-corrected chi connectivity index (χ3v) is 3.79. The number of pyridine rings is 1. The maximum Gasteiger partial charge on any atom is 0.0746 e. The maximum atomic E-state index is 4.49. The molecule has 4 nitrogen and oxygen atoms in total. The number of hydrogen-bond acceptors (Lipinski definition) is 3. The molecule has 0 radical (unpaired) electrons. The summed E-state index contributed by atoms with van der Waals surface area (Å²) in [5, 5.41) is 9.06. The van der Waals surface area contributed by atoms with Crippen LogP contribution in [0.25, 0.3) is 10.9 Å². The Morgan fingerprint density at radius 3 is 2.90 bits per heavy atom. The van der Waals surface area contributed by atoms with Gasteiger partial charge in [0, 0.05) is 42.5 Å². The lowest BCUT2D eigenvalue weighted by Gasteiger charge is -2.13. The lowest BCUT2D eigenvalue weighted by Crippen LogP contribution is -2.18. The highest BCUT2D eigenvalue weighted by Crippen LogP contribution is 2.17. The van der Waals surface area contributed by atoms with Gasteiger partial charge in [0.1, 0.15) is 0 Å². The number of nitrogens with zero attached hydrogens (tertiary/aromatic N) is 3. The minimum Gasteiger partial charge on any atom is -0.306 e. The fraction of sp³-hybridized carbons (Fsp3) is 0.294.